The summed E-state index contributed by atoms with van der Waals surface area (Å²) in [5, 5.41) is 12.4. The van der Waals surface area contributed by atoms with Crippen LogP contribution < -0.4 is 4.74 Å². The van der Waals surface area contributed by atoms with Crippen LogP contribution in [0.1, 0.15) is 32.3 Å². The maximum Gasteiger partial charge on any atom is 0.137 e. The Labute approximate surface area is 100 Å². The highest BCUT2D eigenvalue weighted by Gasteiger charge is 2.08. The van der Waals surface area contributed by atoms with Gasteiger partial charge in [-0.3, -0.25) is 0 Å². The van der Waals surface area contributed by atoms with E-state index in [4.69, 9.17) is 15.5 Å². The summed E-state index contributed by atoms with van der Waals surface area (Å²) in [6.07, 6.45) is 2.03. The maximum absolute atomic E-state index is 8.99. The van der Waals surface area contributed by atoms with Crippen molar-refractivity contribution in [2.45, 2.75) is 32.8 Å². The number of benzene rings is 1. The van der Waals surface area contributed by atoms with Crippen molar-refractivity contribution >= 4 is 5.69 Å². The molecular weight excluding hydrogens is 216 g/mol. The van der Waals surface area contributed by atoms with E-state index in [9.17, 15) is 0 Å². The highest BCUT2D eigenvalue weighted by Crippen LogP contribution is 2.25. The largest absolute Gasteiger partial charge is 0.489 e. The molecule has 1 aromatic rings. The summed E-state index contributed by atoms with van der Waals surface area (Å²) in [5.74, 6) is 0.533. The van der Waals surface area contributed by atoms with Gasteiger partial charge in [0.2, 0.25) is 0 Å². The first kappa shape index (κ1) is 12.9. The number of nitriles is 1. The second-order valence-corrected chi connectivity index (χ2v) is 3.70. The van der Waals surface area contributed by atoms with E-state index in [1.54, 1.807) is 12.1 Å². The molecular formula is C12H14N4O. The minimum Gasteiger partial charge on any atom is -0.489 e. The second-order valence-electron chi connectivity index (χ2n) is 3.70. The third-order valence-electron chi connectivity index (χ3n) is 2.27. The first-order valence-corrected chi connectivity index (χ1v) is 5.47. The molecule has 1 rings (SSSR count). The van der Waals surface area contributed by atoms with E-state index in [0.717, 1.165) is 12.8 Å². The van der Waals surface area contributed by atoms with Crippen molar-refractivity contribution in [3.05, 3.63) is 34.2 Å². The third kappa shape index (κ3) is 3.71. The van der Waals surface area contributed by atoms with Crippen molar-refractivity contribution in [3.8, 4) is 11.8 Å². The number of rotatable bonds is 5. The van der Waals surface area contributed by atoms with Gasteiger partial charge in [0.05, 0.1) is 11.7 Å². The highest BCUT2D eigenvalue weighted by atomic mass is 16.5. The Morgan fingerprint density at radius 2 is 2.35 bits per heavy atom. The van der Waals surface area contributed by atoms with E-state index in [0.29, 0.717) is 17.0 Å². The van der Waals surface area contributed by atoms with Crippen LogP contribution in [-0.2, 0) is 0 Å². The zero-order chi connectivity index (χ0) is 12.7. The highest BCUT2D eigenvalue weighted by molar-refractivity contribution is 5.52. The van der Waals surface area contributed by atoms with Crippen LogP contribution in [-0.4, -0.2) is 6.10 Å². The van der Waals surface area contributed by atoms with Crippen LogP contribution in [0.25, 0.3) is 10.4 Å². The molecule has 0 aliphatic carbocycles. The molecule has 0 saturated heterocycles. The lowest BCUT2D eigenvalue weighted by molar-refractivity contribution is 0.209. The SMILES string of the molecule is CCCC(C)Oc1ccc(N=[N+]=[N-])cc1C#N. The van der Waals surface area contributed by atoms with Crippen molar-refractivity contribution in [2.24, 2.45) is 5.11 Å². The fourth-order valence-electron chi connectivity index (χ4n) is 1.50. The Kier molecular flexibility index (Phi) is 4.86. The molecule has 88 valence electrons. The van der Waals surface area contributed by atoms with Crippen LogP contribution in [0.2, 0.25) is 0 Å². The molecule has 0 fully saturated rings. The summed E-state index contributed by atoms with van der Waals surface area (Å²) in [4.78, 5) is 2.68. The van der Waals surface area contributed by atoms with E-state index in [2.05, 4.69) is 16.9 Å². The van der Waals surface area contributed by atoms with Crippen molar-refractivity contribution in [3.63, 3.8) is 0 Å². The molecule has 0 amide bonds. The summed E-state index contributed by atoms with van der Waals surface area (Å²) in [6.45, 7) is 4.04. The molecule has 1 aromatic carbocycles. The van der Waals surface area contributed by atoms with Crippen molar-refractivity contribution < 1.29 is 4.74 Å². The van der Waals surface area contributed by atoms with Crippen molar-refractivity contribution in [1.82, 2.24) is 0 Å². The summed E-state index contributed by atoms with van der Waals surface area (Å²) in [6, 6.07) is 6.85. The molecule has 0 N–H and O–H groups in total. The van der Waals surface area contributed by atoms with E-state index >= 15 is 0 Å². The molecule has 0 radical (unpaired) electrons. The van der Waals surface area contributed by atoms with E-state index in [1.807, 2.05) is 13.0 Å². The standard InChI is InChI=1S/C12H14N4O/c1-3-4-9(2)17-12-6-5-11(15-16-14)7-10(12)8-13/h5-7,9H,3-4H2,1-2H3. The summed E-state index contributed by atoms with van der Waals surface area (Å²) < 4.78 is 5.65. The number of ether oxygens (including phenoxy) is 1. The summed E-state index contributed by atoms with van der Waals surface area (Å²) in [7, 11) is 0. The molecule has 0 saturated carbocycles. The Morgan fingerprint density at radius 3 is 2.94 bits per heavy atom. The smallest absolute Gasteiger partial charge is 0.137 e. The van der Waals surface area contributed by atoms with Crippen LogP contribution in [0.5, 0.6) is 5.75 Å². The van der Waals surface area contributed by atoms with Gasteiger partial charge in [-0.25, -0.2) is 0 Å². The zero-order valence-corrected chi connectivity index (χ0v) is 9.92. The predicted molar refractivity (Wildman–Crippen MR) is 65.0 cm³/mol. The molecule has 1 unspecified atom stereocenters. The minimum absolute atomic E-state index is 0.0671. The Bertz CT molecular complexity index is 472. The van der Waals surface area contributed by atoms with Crippen LogP contribution in [0.15, 0.2) is 23.3 Å². The summed E-state index contributed by atoms with van der Waals surface area (Å²) in [5.41, 5.74) is 9.12. The molecule has 17 heavy (non-hydrogen) atoms. The Morgan fingerprint density at radius 1 is 1.59 bits per heavy atom. The van der Waals surface area contributed by atoms with Gasteiger partial charge >= 0.3 is 0 Å². The second kappa shape index (κ2) is 6.41. The first-order chi connectivity index (χ1) is 8.21. The predicted octanol–water partition coefficient (Wildman–Crippen LogP) is 4.07. The zero-order valence-electron chi connectivity index (χ0n) is 9.92. The molecule has 0 spiro atoms. The van der Waals surface area contributed by atoms with E-state index in [1.165, 1.54) is 6.07 Å². The van der Waals surface area contributed by atoms with E-state index in [-0.39, 0.29) is 6.10 Å². The van der Waals surface area contributed by atoms with Gasteiger partial charge in [-0.2, -0.15) is 5.26 Å². The lowest BCUT2D eigenvalue weighted by Gasteiger charge is -2.14. The number of hydrogen-bond donors (Lipinski definition) is 0. The van der Waals surface area contributed by atoms with Crippen LogP contribution in [0, 0.1) is 11.3 Å². The number of azide groups is 1. The van der Waals surface area contributed by atoms with Gasteiger partial charge in [0, 0.05) is 10.6 Å². The van der Waals surface area contributed by atoms with Gasteiger partial charge in [-0.05, 0) is 37.1 Å². The molecule has 5 nitrogen and oxygen atoms in total. The maximum atomic E-state index is 8.99. The van der Waals surface area contributed by atoms with Crippen molar-refractivity contribution in [1.29, 1.82) is 5.26 Å². The number of nitrogens with zero attached hydrogens (tertiary/aromatic N) is 4. The fourth-order valence-corrected chi connectivity index (χ4v) is 1.50. The van der Waals surface area contributed by atoms with E-state index < -0.39 is 0 Å². The van der Waals surface area contributed by atoms with Gasteiger partial charge < -0.3 is 4.74 Å². The number of hydrogen-bond acceptors (Lipinski definition) is 3. The minimum atomic E-state index is 0.0671. The topological polar surface area (TPSA) is 81.8 Å². The Balaban J connectivity index is 2.93. The van der Waals surface area contributed by atoms with Gasteiger partial charge in [-0.1, -0.05) is 18.5 Å². The van der Waals surface area contributed by atoms with Crippen molar-refractivity contribution in [2.75, 3.05) is 0 Å². The quantitative estimate of drug-likeness (QED) is 0.434. The molecule has 1 atom stereocenters. The lowest BCUT2D eigenvalue weighted by atomic mass is 10.2. The molecule has 0 aromatic heterocycles. The summed E-state index contributed by atoms with van der Waals surface area (Å²) >= 11 is 0. The van der Waals surface area contributed by atoms with Crippen LogP contribution >= 0.6 is 0 Å². The monoisotopic (exact) mass is 230 g/mol. The molecule has 0 aliphatic rings. The average Bonchev–Trinajstić information content (AvgIpc) is 2.31. The molecule has 0 bridgehead atoms. The Hall–Kier alpha value is -2.18. The van der Waals surface area contributed by atoms with Crippen LogP contribution in [0.3, 0.4) is 0 Å². The fraction of sp³-hybridized carbons (Fsp3) is 0.417. The molecule has 0 heterocycles. The lowest BCUT2D eigenvalue weighted by Crippen LogP contribution is -2.11. The van der Waals surface area contributed by atoms with Gasteiger partial charge in [0.1, 0.15) is 11.8 Å². The first-order valence-electron chi connectivity index (χ1n) is 5.47. The normalized spacial score (nSPS) is 11.1. The molecule has 0 aliphatic heterocycles. The van der Waals surface area contributed by atoms with Crippen LogP contribution in [0.4, 0.5) is 5.69 Å². The third-order valence-corrected chi connectivity index (χ3v) is 2.27. The molecule has 5 heteroatoms. The van der Waals surface area contributed by atoms with Gasteiger partial charge in [-0.15, -0.1) is 0 Å². The van der Waals surface area contributed by atoms with Gasteiger partial charge in [0.15, 0.2) is 0 Å². The average molecular weight is 230 g/mol. The van der Waals surface area contributed by atoms with Gasteiger partial charge in [0.25, 0.3) is 0 Å².